The van der Waals surface area contributed by atoms with Gasteiger partial charge in [-0.15, -0.1) is 5.54 Å². The summed E-state index contributed by atoms with van der Waals surface area (Å²) in [7, 11) is -1.65. The molecule has 0 radical (unpaired) electrons. The van der Waals surface area contributed by atoms with Crippen molar-refractivity contribution in [2.45, 2.75) is 78.7 Å². The Bertz CT molecular complexity index is 659. The Morgan fingerprint density at radius 3 is 2.00 bits per heavy atom. The molecule has 0 aromatic heterocycles. The topological polar surface area (TPSA) is 3.24 Å². The molecule has 1 rings (SSSR count). The molecule has 0 atom stereocenters. The lowest BCUT2D eigenvalue weighted by Crippen LogP contribution is -2.37. The van der Waals surface area contributed by atoms with Crippen molar-refractivity contribution in [1.82, 2.24) is 4.90 Å². The highest BCUT2D eigenvalue weighted by Gasteiger charge is 2.33. The van der Waals surface area contributed by atoms with E-state index >= 15 is 0 Å². The predicted octanol–water partition coefficient (Wildman–Crippen LogP) is 6.89. The van der Waals surface area contributed by atoms with Crippen LogP contribution in [0.1, 0.15) is 54.0 Å². The van der Waals surface area contributed by atoms with Crippen LogP contribution in [0, 0.1) is 11.5 Å². The molecule has 1 aromatic rings. The quantitative estimate of drug-likeness (QED) is 0.391. The Labute approximate surface area is 167 Å². The summed E-state index contributed by atoms with van der Waals surface area (Å²) in [6.07, 6.45) is 2.28. The first kappa shape index (κ1) is 23.0. The van der Waals surface area contributed by atoms with E-state index in [0.29, 0.717) is 12.1 Å². The molecular formula is C23H36ClNSi. The first-order valence-electron chi connectivity index (χ1n) is 9.60. The lowest BCUT2D eigenvalue weighted by atomic mass is 10.1. The van der Waals surface area contributed by atoms with Crippen LogP contribution < -0.4 is 0 Å². The molecule has 0 heterocycles. The highest BCUT2D eigenvalue weighted by molar-refractivity contribution is 6.87. The summed E-state index contributed by atoms with van der Waals surface area (Å²) in [5.74, 6) is 3.54. The maximum absolute atomic E-state index is 6.08. The van der Waals surface area contributed by atoms with E-state index in [4.69, 9.17) is 11.6 Å². The molecule has 0 unspecified atom stereocenters. The predicted molar refractivity (Wildman–Crippen MR) is 121 cm³/mol. The van der Waals surface area contributed by atoms with Crippen LogP contribution in [0.4, 0.5) is 0 Å². The Morgan fingerprint density at radius 1 is 1.08 bits per heavy atom. The van der Waals surface area contributed by atoms with E-state index in [2.05, 4.69) is 96.1 Å². The number of allylic oxidation sites excluding steroid dienone is 1. The van der Waals surface area contributed by atoms with E-state index in [1.165, 1.54) is 0 Å². The van der Waals surface area contributed by atoms with E-state index in [0.717, 1.165) is 22.7 Å². The van der Waals surface area contributed by atoms with Gasteiger partial charge in [-0.1, -0.05) is 69.6 Å². The van der Waals surface area contributed by atoms with Crippen molar-refractivity contribution in [3.8, 4) is 11.5 Å². The van der Waals surface area contributed by atoms with Crippen molar-refractivity contribution >= 4 is 25.2 Å². The maximum atomic E-state index is 6.08. The third-order valence-corrected chi connectivity index (χ3v) is 10.1. The number of halogens is 1. The van der Waals surface area contributed by atoms with Gasteiger partial charge in [0.1, 0.15) is 8.07 Å². The zero-order chi connectivity index (χ0) is 20.1. The molecule has 0 spiro atoms. The number of rotatable bonds is 5. The zero-order valence-electron chi connectivity index (χ0n) is 18.1. The molecule has 26 heavy (non-hydrogen) atoms. The standard InChI is InChI=1S/C23H36ClNSi/c1-18(2)25(19(3)4)16-14-21(20-10-12-22(24)13-11-20)15-17-26(8,9)23(5,6)7/h10-14,18-19H,16H2,1-9H3/b21-14-. The molecule has 0 aliphatic carbocycles. The Morgan fingerprint density at radius 2 is 1.58 bits per heavy atom. The normalized spacial score (nSPS) is 13.3. The Hall–Kier alpha value is -1.01. The van der Waals surface area contributed by atoms with Gasteiger partial charge >= 0.3 is 0 Å². The van der Waals surface area contributed by atoms with Crippen LogP contribution in [-0.4, -0.2) is 31.6 Å². The molecule has 144 valence electrons. The van der Waals surface area contributed by atoms with Gasteiger partial charge in [-0.25, -0.2) is 0 Å². The lowest BCUT2D eigenvalue weighted by molar-refractivity contribution is 0.196. The van der Waals surface area contributed by atoms with Crippen molar-refractivity contribution in [3.63, 3.8) is 0 Å². The van der Waals surface area contributed by atoms with E-state index in [9.17, 15) is 0 Å². The van der Waals surface area contributed by atoms with Crippen molar-refractivity contribution in [2.24, 2.45) is 0 Å². The maximum Gasteiger partial charge on any atom is 0.138 e. The third kappa shape index (κ3) is 6.61. The van der Waals surface area contributed by atoms with Crippen LogP contribution in [0.15, 0.2) is 30.3 Å². The fraction of sp³-hybridized carbons (Fsp3) is 0.565. The van der Waals surface area contributed by atoms with Gasteiger partial charge in [0, 0.05) is 29.2 Å². The fourth-order valence-corrected chi connectivity index (χ4v) is 3.44. The second kappa shape index (κ2) is 9.26. The third-order valence-electron chi connectivity index (χ3n) is 5.37. The first-order chi connectivity index (χ1) is 11.8. The van der Waals surface area contributed by atoms with Crippen molar-refractivity contribution < 1.29 is 0 Å². The molecule has 1 aromatic carbocycles. The number of benzene rings is 1. The van der Waals surface area contributed by atoms with Gasteiger partial charge in [-0.3, -0.25) is 4.90 Å². The van der Waals surface area contributed by atoms with Gasteiger partial charge in [0.2, 0.25) is 0 Å². The summed E-state index contributed by atoms with van der Waals surface area (Å²) < 4.78 is 0. The summed E-state index contributed by atoms with van der Waals surface area (Å²) in [5, 5.41) is 1.02. The van der Waals surface area contributed by atoms with Gasteiger partial charge in [0.15, 0.2) is 0 Å². The van der Waals surface area contributed by atoms with Crippen LogP contribution in [0.25, 0.3) is 5.57 Å². The van der Waals surface area contributed by atoms with E-state index in [-0.39, 0.29) is 5.04 Å². The monoisotopic (exact) mass is 389 g/mol. The minimum atomic E-state index is -1.65. The molecule has 1 nitrogen and oxygen atoms in total. The molecule has 3 heteroatoms. The van der Waals surface area contributed by atoms with Gasteiger partial charge in [0.25, 0.3) is 0 Å². The van der Waals surface area contributed by atoms with Crippen LogP contribution in [0.3, 0.4) is 0 Å². The first-order valence-corrected chi connectivity index (χ1v) is 13.0. The molecule has 0 N–H and O–H groups in total. The van der Waals surface area contributed by atoms with E-state index < -0.39 is 8.07 Å². The SMILES string of the molecule is CC(C)N(C/C=C(/C#C[Si](C)(C)C(C)(C)C)c1ccc(Cl)cc1)C(C)C. The average Bonchev–Trinajstić information content (AvgIpc) is 2.49. The lowest BCUT2D eigenvalue weighted by Gasteiger charge is -2.31. The van der Waals surface area contributed by atoms with Gasteiger partial charge in [0.05, 0.1) is 0 Å². The van der Waals surface area contributed by atoms with Gasteiger partial charge < -0.3 is 0 Å². The second-order valence-corrected chi connectivity index (χ2v) is 14.6. The molecule has 0 aliphatic rings. The van der Waals surface area contributed by atoms with Crippen LogP contribution in [-0.2, 0) is 0 Å². The van der Waals surface area contributed by atoms with Crippen molar-refractivity contribution in [2.75, 3.05) is 6.54 Å². The van der Waals surface area contributed by atoms with E-state index in [1.54, 1.807) is 0 Å². The Kier molecular flexibility index (Phi) is 8.21. The zero-order valence-corrected chi connectivity index (χ0v) is 19.8. The molecular weight excluding hydrogens is 354 g/mol. The summed E-state index contributed by atoms with van der Waals surface area (Å²) in [6, 6.07) is 9.05. The smallest absolute Gasteiger partial charge is 0.138 e. The number of hydrogen-bond donors (Lipinski definition) is 0. The highest BCUT2D eigenvalue weighted by Crippen LogP contribution is 2.35. The Balaban J connectivity index is 3.28. The summed E-state index contributed by atoms with van der Waals surface area (Å²) >= 11 is 6.08. The summed E-state index contributed by atoms with van der Waals surface area (Å²) in [6.45, 7) is 21.5. The summed E-state index contributed by atoms with van der Waals surface area (Å²) in [5.41, 5.74) is 5.92. The van der Waals surface area contributed by atoms with Gasteiger partial charge in [-0.05, 0) is 50.4 Å². The highest BCUT2D eigenvalue weighted by atomic mass is 35.5. The number of hydrogen-bond acceptors (Lipinski definition) is 1. The minimum Gasteiger partial charge on any atom is -0.295 e. The fourth-order valence-electron chi connectivity index (χ4n) is 2.50. The molecule has 0 saturated carbocycles. The minimum absolute atomic E-state index is 0.257. The molecule has 0 amide bonds. The van der Waals surface area contributed by atoms with Crippen molar-refractivity contribution in [1.29, 1.82) is 0 Å². The van der Waals surface area contributed by atoms with Gasteiger partial charge in [-0.2, -0.15) is 0 Å². The van der Waals surface area contributed by atoms with Crippen LogP contribution in [0.2, 0.25) is 23.2 Å². The number of nitrogens with zero attached hydrogens (tertiary/aromatic N) is 1. The summed E-state index contributed by atoms with van der Waals surface area (Å²) in [4.78, 5) is 2.48. The molecule has 0 aliphatic heterocycles. The molecule has 0 fully saturated rings. The largest absolute Gasteiger partial charge is 0.295 e. The van der Waals surface area contributed by atoms with Crippen molar-refractivity contribution in [3.05, 3.63) is 40.9 Å². The van der Waals surface area contributed by atoms with Crippen LogP contribution >= 0.6 is 11.6 Å². The average molecular weight is 390 g/mol. The molecule has 0 bridgehead atoms. The second-order valence-electron chi connectivity index (χ2n) is 9.13. The molecule has 0 saturated heterocycles. The van der Waals surface area contributed by atoms with Crippen LogP contribution in [0.5, 0.6) is 0 Å². The van der Waals surface area contributed by atoms with E-state index in [1.807, 2.05) is 12.1 Å².